The van der Waals surface area contributed by atoms with Gasteiger partial charge in [-0.2, -0.15) is 0 Å². The number of aryl methyl sites for hydroxylation is 3. The van der Waals surface area contributed by atoms with Crippen LogP contribution in [0.5, 0.6) is 0 Å². The minimum Gasteiger partial charge on any atom is -0.742 e. The van der Waals surface area contributed by atoms with E-state index in [1.54, 1.807) is 26.0 Å². The Labute approximate surface area is 329 Å². The maximum absolute atomic E-state index is 11.3. The van der Waals surface area contributed by atoms with E-state index in [4.69, 9.17) is 23.9 Å². The van der Waals surface area contributed by atoms with E-state index < -0.39 is 24.3 Å². The van der Waals surface area contributed by atoms with Crippen LogP contribution in [0.25, 0.3) is 32.9 Å². The van der Waals surface area contributed by atoms with Gasteiger partial charge in [0.25, 0.3) is 9.05 Å². The Bertz CT molecular complexity index is 2160. The Balaban J connectivity index is 0.000000195. The van der Waals surface area contributed by atoms with E-state index >= 15 is 0 Å². The van der Waals surface area contributed by atoms with Crippen LogP contribution in [0, 0.1) is 20.8 Å². The molecule has 0 aliphatic heterocycles. The topological polar surface area (TPSA) is 131 Å². The van der Waals surface area contributed by atoms with E-state index in [1.165, 1.54) is 16.5 Å². The Kier molecular flexibility index (Phi) is 13.5. The van der Waals surface area contributed by atoms with Crippen molar-refractivity contribution in [2.24, 2.45) is 0 Å². The van der Waals surface area contributed by atoms with Crippen LogP contribution in [0.4, 0.5) is 0 Å². The van der Waals surface area contributed by atoms with Crippen molar-refractivity contribution < 1.29 is 86.0 Å². The fourth-order valence-corrected chi connectivity index (χ4v) is 6.94. The molecule has 0 saturated carbocycles. The van der Waals surface area contributed by atoms with Gasteiger partial charge in [-0.1, -0.05) is 59.7 Å². The first kappa shape index (κ1) is 40.5. The van der Waals surface area contributed by atoms with Gasteiger partial charge in [0.05, 0.1) is 6.26 Å². The SMILES string of the molecule is Cc1c(S(=O)(=O)Cl)oc2ccc(C(C)C)cc12.Cc1c(S(=O)(=O)[O-])oc2ccc(C(C)C)cc12.Cc1coc2ccc(C(C)C)cc12.[K+]. The normalized spacial score (nSPS) is 12.0. The van der Waals surface area contributed by atoms with Gasteiger partial charge in [-0.25, -0.2) is 16.8 Å². The van der Waals surface area contributed by atoms with Crippen molar-refractivity contribution in [2.75, 3.05) is 0 Å². The van der Waals surface area contributed by atoms with E-state index in [1.807, 2.05) is 44.4 Å². The van der Waals surface area contributed by atoms with Crippen molar-refractivity contribution in [3.05, 3.63) is 94.2 Å². The van der Waals surface area contributed by atoms with E-state index in [2.05, 4.69) is 52.8 Å². The van der Waals surface area contributed by atoms with Crippen LogP contribution in [0.2, 0.25) is 0 Å². The number of benzene rings is 3. The summed E-state index contributed by atoms with van der Waals surface area (Å²) >= 11 is 0. The van der Waals surface area contributed by atoms with Crippen LogP contribution < -0.4 is 51.4 Å². The number of fused-ring (bicyclic) bond motifs is 3. The molecule has 0 unspecified atom stereocenters. The number of hydrogen-bond donors (Lipinski definition) is 0. The molecule has 0 aliphatic carbocycles. The van der Waals surface area contributed by atoms with Gasteiger partial charge in [-0.15, -0.1) is 0 Å². The van der Waals surface area contributed by atoms with Crippen molar-refractivity contribution >= 4 is 62.8 Å². The molecule has 6 rings (SSSR count). The predicted octanol–water partition coefficient (Wildman–Crippen LogP) is 7.43. The third-order valence-corrected chi connectivity index (χ3v) is 10.2. The van der Waals surface area contributed by atoms with Crippen LogP contribution in [0.15, 0.2) is 84.3 Å². The molecule has 0 saturated heterocycles. The summed E-state index contributed by atoms with van der Waals surface area (Å²) < 4.78 is 71.4. The standard InChI is InChI=1S/C12H13ClO3S.C12H14O4S.C12H14O.K/c2*1-7(2)9-4-5-11-10(6-9)8(3)12(16-11)17(13,14)15;1-8(2)10-4-5-12-11(6-10)9(3)7-13-12;/h4-7H,1-3H3;4-7H,1-3H3,(H,13,14,15);4-8H,1-3H3;/q;;;+1/p-1. The number of furan rings is 3. The van der Waals surface area contributed by atoms with Crippen LogP contribution in [-0.4, -0.2) is 21.4 Å². The van der Waals surface area contributed by atoms with Crippen molar-refractivity contribution in [1.29, 1.82) is 0 Å². The number of rotatable bonds is 5. The summed E-state index contributed by atoms with van der Waals surface area (Å²) in [5, 5.41) is 2.09. The molecule has 0 amide bonds. The second-order valence-corrected chi connectivity index (χ2v) is 16.3. The fourth-order valence-electron chi connectivity index (χ4n) is 5.15. The van der Waals surface area contributed by atoms with Crippen molar-refractivity contribution in [3.8, 4) is 0 Å². The quantitative estimate of drug-likeness (QED) is 0.101. The van der Waals surface area contributed by atoms with Gasteiger partial charge >= 0.3 is 51.4 Å². The van der Waals surface area contributed by atoms with E-state index in [-0.39, 0.29) is 56.5 Å². The van der Waals surface area contributed by atoms with Crippen LogP contribution in [-0.2, 0) is 19.2 Å². The van der Waals surface area contributed by atoms with Gasteiger partial charge in [0.15, 0.2) is 10.1 Å². The second kappa shape index (κ2) is 16.0. The maximum Gasteiger partial charge on any atom is 1.00 e. The average Bonchev–Trinajstić information content (AvgIpc) is 3.65. The van der Waals surface area contributed by atoms with Gasteiger partial charge in [-0.05, 0) is 97.2 Å². The summed E-state index contributed by atoms with van der Waals surface area (Å²) in [6, 6.07) is 17.5. The molecule has 0 spiro atoms. The second-order valence-electron chi connectivity index (χ2n) is 12.6. The molecule has 0 bridgehead atoms. The smallest absolute Gasteiger partial charge is 0.742 e. The molecule has 0 N–H and O–H groups in total. The molecule has 0 radical (unpaired) electrons. The van der Waals surface area contributed by atoms with Crippen molar-refractivity contribution in [2.45, 2.75) is 90.3 Å². The van der Waals surface area contributed by atoms with Gasteiger partial charge in [0, 0.05) is 38.0 Å². The van der Waals surface area contributed by atoms with Gasteiger partial charge in [-0.3, -0.25) is 0 Å². The summed E-state index contributed by atoms with van der Waals surface area (Å²) in [5.74, 6) is 1.30. The molecule has 0 aliphatic rings. The summed E-state index contributed by atoms with van der Waals surface area (Å²) in [6.07, 6.45) is 1.81. The molecule has 6 aromatic rings. The Hall–Kier alpha value is -1.93. The molecule has 3 aromatic heterocycles. The van der Waals surface area contributed by atoms with Gasteiger partial charge < -0.3 is 17.8 Å². The zero-order valence-electron chi connectivity index (χ0n) is 29.0. The molecule has 252 valence electrons. The molecule has 3 heterocycles. The summed E-state index contributed by atoms with van der Waals surface area (Å²) in [4.78, 5) is 0. The molecule has 8 nitrogen and oxygen atoms in total. The van der Waals surface area contributed by atoms with Crippen molar-refractivity contribution in [3.63, 3.8) is 0 Å². The molecule has 3 aromatic carbocycles. The Morgan fingerprint density at radius 1 is 0.604 bits per heavy atom. The Morgan fingerprint density at radius 3 is 1.38 bits per heavy atom. The largest absolute Gasteiger partial charge is 1.00 e. The average molecular weight is 739 g/mol. The first-order valence-electron chi connectivity index (χ1n) is 15.2. The molecular formula is C36H40ClKO8S2. The molecule has 48 heavy (non-hydrogen) atoms. The molecular weight excluding hydrogens is 699 g/mol. The van der Waals surface area contributed by atoms with Crippen LogP contribution in [0.3, 0.4) is 0 Å². The van der Waals surface area contributed by atoms with Gasteiger partial charge in [0.2, 0.25) is 10.2 Å². The summed E-state index contributed by atoms with van der Waals surface area (Å²) in [5.41, 5.74) is 7.73. The maximum atomic E-state index is 11.3. The minimum absolute atomic E-state index is 0. The number of hydrogen-bond acceptors (Lipinski definition) is 8. The van der Waals surface area contributed by atoms with Crippen LogP contribution >= 0.6 is 10.7 Å². The van der Waals surface area contributed by atoms with Crippen molar-refractivity contribution in [1.82, 2.24) is 0 Å². The third-order valence-electron chi connectivity index (χ3n) is 8.07. The molecule has 0 atom stereocenters. The third kappa shape index (κ3) is 9.24. The minimum atomic E-state index is -4.55. The van der Waals surface area contributed by atoms with Gasteiger partial charge in [0.1, 0.15) is 16.7 Å². The van der Waals surface area contributed by atoms with E-state index in [0.29, 0.717) is 45.4 Å². The summed E-state index contributed by atoms with van der Waals surface area (Å²) in [7, 11) is -3.05. The monoisotopic (exact) mass is 738 g/mol. The first-order chi connectivity index (χ1) is 21.8. The zero-order chi connectivity index (χ0) is 35.0. The fraction of sp³-hybridized carbons (Fsp3) is 0.333. The predicted molar refractivity (Wildman–Crippen MR) is 186 cm³/mol. The van der Waals surface area contributed by atoms with E-state index in [0.717, 1.165) is 22.1 Å². The first-order valence-corrected chi connectivity index (χ1v) is 19.0. The van der Waals surface area contributed by atoms with Crippen LogP contribution in [0.1, 0.15) is 92.7 Å². The summed E-state index contributed by atoms with van der Waals surface area (Å²) in [6.45, 7) is 18.0. The molecule has 0 fully saturated rings. The van der Waals surface area contributed by atoms with E-state index in [9.17, 15) is 21.4 Å². The molecule has 12 heteroatoms. The number of halogens is 1. The Morgan fingerprint density at radius 2 is 0.979 bits per heavy atom. The zero-order valence-corrected chi connectivity index (χ0v) is 34.5.